The normalized spacial score (nSPS) is 11.1. The number of imidazole rings is 3. The van der Waals surface area contributed by atoms with Gasteiger partial charge in [0.15, 0.2) is 5.89 Å². The average Bonchev–Trinajstić information content (AvgIpc) is 4.00. The smallest absolute Gasteiger partial charge is 0.216 e. The lowest BCUT2D eigenvalue weighted by Crippen LogP contribution is -2.09. The highest BCUT2D eigenvalue weighted by atomic mass is 16.4. The summed E-state index contributed by atoms with van der Waals surface area (Å²) in [6, 6.07) is 4.11. The standard InChI is InChI=1S/C10H15N.C9H16N2.2C8H14N2.C7H12N2O.C7H11NO/c1-10(2,3)7-9-5-4-6-11-8-9;1-9(2,3)4-6-11-7-5-10-8-11;1-7(2)4-8-5-10(3)6-9-8;1-7(2)6-8-9-4-5-10(8)3;1-5(2)4-7-9-8-6(3)10-7;1-6(2)5-7-8-3-4-9-7/h4-6,8H,7H2,1-3H3;5,7-8H,4,6H2,1-3H3;5-7H,4H2,1-3H3;4-5,7H,6H2,1-3H3;5H,4H2,1-3H3;3-4,6H,5H2,1-2H3. The summed E-state index contributed by atoms with van der Waals surface area (Å²) in [5, 5.41) is 7.59. The van der Waals surface area contributed by atoms with Crippen molar-refractivity contribution < 1.29 is 8.83 Å². The van der Waals surface area contributed by atoms with Crippen LogP contribution in [-0.4, -0.2) is 48.8 Å². The third-order valence-electron chi connectivity index (χ3n) is 8.24. The van der Waals surface area contributed by atoms with Crippen molar-refractivity contribution in [1.29, 1.82) is 0 Å². The van der Waals surface area contributed by atoms with Crippen LogP contribution in [0.2, 0.25) is 0 Å². The molecule has 0 amide bonds. The Balaban J connectivity index is 0.000000366. The summed E-state index contributed by atoms with van der Waals surface area (Å²) >= 11 is 0. The number of aromatic nitrogens is 10. The Hall–Kier alpha value is -4.87. The van der Waals surface area contributed by atoms with E-state index in [2.05, 4.69) is 153 Å². The predicted molar refractivity (Wildman–Crippen MR) is 250 cm³/mol. The van der Waals surface area contributed by atoms with Crippen LogP contribution in [0.4, 0.5) is 0 Å². The third kappa shape index (κ3) is 29.9. The summed E-state index contributed by atoms with van der Waals surface area (Å²) in [6.07, 6.45) is 26.7. The van der Waals surface area contributed by atoms with Gasteiger partial charge in [-0.05, 0) is 65.4 Å². The summed E-state index contributed by atoms with van der Waals surface area (Å²) < 4.78 is 16.4. The minimum Gasteiger partial charge on any atom is -0.449 e. The molecule has 0 aliphatic rings. The molecule has 0 fully saturated rings. The van der Waals surface area contributed by atoms with Crippen molar-refractivity contribution in [3.05, 3.63) is 115 Å². The Morgan fingerprint density at radius 1 is 0.656 bits per heavy atom. The number of aryl methyl sites for hydroxylation is 4. The topological polar surface area (TPSA) is 131 Å². The summed E-state index contributed by atoms with van der Waals surface area (Å²) in [5.74, 6) is 6.02. The van der Waals surface area contributed by atoms with Crippen molar-refractivity contribution in [2.45, 2.75) is 149 Å². The first kappa shape index (κ1) is 54.1. The van der Waals surface area contributed by atoms with Crippen molar-refractivity contribution in [2.75, 3.05) is 0 Å². The lowest BCUT2D eigenvalue weighted by molar-refractivity contribution is 0.350. The van der Waals surface area contributed by atoms with Gasteiger partial charge in [-0.15, -0.1) is 10.2 Å². The van der Waals surface area contributed by atoms with Crippen LogP contribution < -0.4 is 0 Å². The van der Waals surface area contributed by atoms with Gasteiger partial charge in [-0.2, -0.15) is 0 Å². The van der Waals surface area contributed by atoms with Gasteiger partial charge in [-0.25, -0.2) is 19.9 Å². The maximum Gasteiger partial charge on any atom is 0.216 e. The Bertz CT molecular complexity index is 1840. The van der Waals surface area contributed by atoms with Gasteiger partial charge in [0.1, 0.15) is 12.1 Å². The molecular formula is C49H82N10O2. The number of nitrogens with zero attached hydrogens (tertiary/aromatic N) is 10. The summed E-state index contributed by atoms with van der Waals surface area (Å²) in [6.45, 7) is 33.7. The second-order valence-electron chi connectivity index (χ2n) is 19.7. The zero-order chi connectivity index (χ0) is 46.0. The zero-order valence-electron chi connectivity index (χ0n) is 41.1. The fraction of sp³-hybridized carbons (Fsp3) is 0.612. The molecule has 0 N–H and O–H groups in total. The highest BCUT2D eigenvalue weighted by Crippen LogP contribution is 2.20. The molecule has 0 saturated heterocycles. The van der Waals surface area contributed by atoms with Gasteiger partial charge in [-0.1, -0.05) is 103 Å². The van der Waals surface area contributed by atoms with Crippen LogP contribution in [-0.2, 0) is 52.7 Å². The molecule has 6 heterocycles. The number of hydrogen-bond acceptors (Lipinski definition) is 9. The van der Waals surface area contributed by atoms with Gasteiger partial charge in [-0.3, -0.25) is 4.98 Å². The lowest BCUT2D eigenvalue weighted by atomic mass is 9.89. The molecule has 6 aromatic rings. The molecule has 6 aromatic heterocycles. The van der Waals surface area contributed by atoms with E-state index in [0.29, 0.717) is 40.4 Å². The van der Waals surface area contributed by atoms with Crippen LogP contribution in [0.3, 0.4) is 0 Å². The van der Waals surface area contributed by atoms with Gasteiger partial charge >= 0.3 is 0 Å². The average molecular weight is 843 g/mol. The molecular weight excluding hydrogens is 761 g/mol. The molecule has 0 saturated carbocycles. The van der Waals surface area contributed by atoms with E-state index in [4.69, 9.17) is 8.83 Å². The predicted octanol–water partition coefficient (Wildman–Crippen LogP) is 11.7. The quantitative estimate of drug-likeness (QED) is 0.125. The van der Waals surface area contributed by atoms with Gasteiger partial charge < -0.3 is 22.5 Å². The van der Waals surface area contributed by atoms with Gasteiger partial charge in [0, 0.05) is 90.2 Å². The van der Waals surface area contributed by atoms with Gasteiger partial charge in [0.25, 0.3) is 0 Å². The zero-order valence-corrected chi connectivity index (χ0v) is 41.1. The van der Waals surface area contributed by atoms with Crippen molar-refractivity contribution in [1.82, 2.24) is 48.8 Å². The van der Waals surface area contributed by atoms with Gasteiger partial charge in [0.05, 0.1) is 24.5 Å². The first-order chi connectivity index (χ1) is 28.5. The van der Waals surface area contributed by atoms with Crippen molar-refractivity contribution in [2.24, 2.45) is 48.6 Å². The SMILES string of the molecule is CC(C)(C)CCn1ccnc1.CC(C)(C)Cc1cccnc1.CC(C)Cc1cn(C)cn1.CC(C)Cc1nccn1C.CC(C)Cc1ncco1.Cc1nnc(CC(C)C)o1. The monoisotopic (exact) mass is 843 g/mol. The highest BCUT2D eigenvalue weighted by Gasteiger charge is 2.11. The molecule has 0 aliphatic carbocycles. The molecule has 0 aliphatic heterocycles. The largest absolute Gasteiger partial charge is 0.449 e. The Morgan fingerprint density at radius 2 is 1.31 bits per heavy atom. The molecule has 0 radical (unpaired) electrons. The Morgan fingerprint density at radius 3 is 1.74 bits per heavy atom. The van der Waals surface area contributed by atoms with E-state index in [1.807, 2.05) is 74.6 Å². The van der Waals surface area contributed by atoms with Crippen LogP contribution in [0, 0.1) is 41.4 Å². The molecule has 61 heavy (non-hydrogen) atoms. The minimum atomic E-state index is 0.364. The summed E-state index contributed by atoms with van der Waals surface area (Å²) in [5.41, 5.74) is 3.30. The van der Waals surface area contributed by atoms with Crippen LogP contribution in [0.5, 0.6) is 0 Å². The fourth-order valence-corrected chi connectivity index (χ4v) is 5.42. The molecule has 0 unspecified atom stereocenters. The first-order valence-electron chi connectivity index (χ1n) is 22.0. The van der Waals surface area contributed by atoms with E-state index in [0.717, 1.165) is 50.4 Å². The van der Waals surface area contributed by atoms with Crippen LogP contribution >= 0.6 is 0 Å². The molecule has 0 bridgehead atoms. The Labute approximate surface area is 369 Å². The molecule has 340 valence electrons. The Kier molecular flexibility index (Phi) is 25.4. The summed E-state index contributed by atoms with van der Waals surface area (Å²) in [7, 11) is 4.03. The van der Waals surface area contributed by atoms with Crippen molar-refractivity contribution >= 4 is 0 Å². The summed E-state index contributed by atoms with van der Waals surface area (Å²) in [4.78, 5) is 20.5. The van der Waals surface area contributed by atoms with Crippen LogP contribution in [0.1, 0.15) is 138 Å². The number of rotatable bonds is 11. The van der Waals surface area contributed by atoms with E-state index in [9.17, 15) is 0 Å². The highest BCUT2D eigenvalue weighted by molar-refractivity contribution is 5.10. The number of pyridine rings is 1. The molecule has 12 nitrogen and oxygen atoms in total. The third-order valence-corrected chi connectivity index (χ3v) is 8.24. The minimum absolute atomic E-state index is 0.364. The van der Waals surface area contributed by atoms with E-state index in [-0.39, 0.29) is 0 Å². The molecule has 6 rings (SSSR count). The maximum atomic E-state index is 5.17. The maximum absolute atomic E-state index is 5.17. The van der Waals surface area contributed by atoms with Crippen LogP contribution in [0.25, 0.3) is 0 Å². The molecule has 12 heteroatoms. The van der Waals surface area contributed by atoms with Crippen molar-refractivity contribution in [3.63, 3.8) is 0 Å². The number of oxazole rings is 1. The van der Waals surface area contributed by atoms with E-state index in [1.54, 1.807) is 19.4 Å². The van der Waals surface area contributed by atoms with E-state index < -0.39 is 0 Å². The second kappa shape index (κ2) is 28.6. The lowest BCUT2D eigenvalue weighted by Gasteiger charge is -2.17. The van der Waals surface area contributed by atoms with E-state index >= 15 is 0 Å². The molecule has 0 aromatic carbocycles. The second-order valence-corrected chi connectivity index (χ2v) is 19.7. The van der Waals surface area contributed by atoms with Crippen LogP contribution in [0.15, 0.2) is 89.5 Å². The molecule has 0 spiro atoms. The molecule has 0 atom stereocenters. The van der Waals surface area contributed by atoms with E-state index in [1.165, 1.54) is 23.5 Å². The van der Waals surface area contributed by atoms with Crippen molar-refractivity contribution in [3.8, 4) is 0 Å². The number of hydrogen-bond donors (Lipinski definition) is 0. The van der Waals surface area contributed by atoms with Gasteiger partial charge in [0.2, 0.25) is 11.8 Å². The fourth-order valence-electron chi connectivity index (χ4n) is 5.42. The first-order valence-corrected chi connectivity index (χ1v) is 22.0.